The van der Waals surface area contributed by atoms with Crippen LogP contribution in [0.4, 0.5) is 10.5 Å². The molecule has 0 unspecified atom stereocenters. The Labute approximate surface area is 177 Å². The molecule has 3 rings (SSSR count). The number of methoxy groups -OCH3 is 1. The SMILES string of the molecule is CCCOc1ccc(N2C(=O)NC(=O)/C(=C/c3cc(Cl)c(O)c(OC)c3)C2=O)cc1. The third kappa shape index (κ3) is 4.23. The zero-order valence-corrected chi connectivity index (χ0v) is 17.0. The molecular formula is C21H19ClN2O6. The summed E-state index contributed by atoms with van der Waals surface area (Å²) < 4.78 is 10.5. The van der Waals surface area contributed by atoms with Gasteiger partial charge in [0.15, 0.2) is 11.5 Å². The van der Waals surface area contributed by atoms with Gasteiger partial charge in [-0.3, -0.25) is 14.9 Å². The molecule has 8 nitrogen and oxygen atoms in total. The number of carbonyl (C=O) groups excluding carboxylic acids is 3. The summed E-state index contributed by atoms with van der Waals surface area (Å²) in [6, 6.07) is 8.30. The number of hydrogen-bond acceptors (Lipinski definition) is 6. The van der Waals surface area contributed by atoms with Crippen molar-refractivity contribution in [3.05, 3.63) is 52.6 Å². The fourth-order valence-corrected chi connectivity index (χ4v) is 3.02. The predicted molar refractivity (Wildman–Crippen MR) is 111 cm³/mol. The van der Waals surface area contributed by atoms with Gasteiger partial charge in [-0.15, -0.1) is 0 Å². The van der Waals surface area contributed by atoms with Crippen molar-refractivity contribution in [1.82, 2.24) is 5.32 Å². The Morgan fingerprint density at radius 2 is 1.87 bits per heavy atom. The average Bonchev–Trinajstić information content (AvgIpc) is 2.72. The van der Waals surface area contributed by atoms with Crippen molar-refractivity contribution in [1.29, 1.82) is 0 Å². The molecule has 2 aromatic carbocycles. The average molecular weight is 431 g/mol. The van der Waals surface area contributed by atoms with Gasteiger partial charge in [-0.05, 0) is 54.5 Å². The minimum absolute atomic E-state index is 0.0135. The van der Waals surface area contributed by atoms with Gasteiger partial charge in [0.25, 0.3) is 11.8 Å². The molecule has 0 spiro atoms. The van der Waals surface area contributed by atoms with Gasteiger partial charge in [0.05, 0.1) is 24.4 Å². The monoisotopic (exact) mass is 430 g/mol. The second kappa shape index (κ2) is 8.87. The third-order valence-corrected chi connectivity index (χ3v) is 4.54. The summed E-state index contributed by atoms with van der Waals surface area (Å²) in [5.41, 5.74) is 0.344. The molecule has 0 aromatic heterocycles. The number of phenols is 1. The number of aromatic hydroxyl groups is 1. The lowest BCUT2D eigenvalue weighted by Crippen LogP contribution is -2.54. The van der Waals surface area contributed by atoms with Gasteiger partial charge in [0, 0.05) is 0 Å². The first kappa shape index (κ1) is 21.2. The Hall–Kier alpha value is -3.52. The number of imide groups is 2. The number of rotatable bonds is 6. The summed E-state index contributed by atoms with van der Waals surface area (Å²) in [5, 5.41) is 12.0. The molecule has 0 aliphatic carbocycles. The number of anilines is 1. The van der Waals surface area contributed by atoms with E-state index in [-0.39, 0.29) is 27.8 Å². The van der Waals surface area contributed by atoms with E-state index < -0.39 is 17.8 Å². The maximum atomic E-state index is 12.9. The van der Waals surface area contributed by atoms with E-state index >= 15 is 0 Å². The molecule has 1 heterocycles. The van der Waals surface area contributed by atoms with Crippen LogP contribution < -0.4 is 19.7 Å². The molecule has 156 valence electrons. The van der Waals surface area contributed by atoms with Gasteiger partial charge in [-0.2, -0.15) is 0 Å². The molecule has 1 fully saturated rings. The second-order valence-corrected chi connectivity index (χ2v) is 6.76. The normalized spacial score (nSPS) is 15.4. The van der Waals surface area contributed by atoms with Crippen molar-refractivity contribution < 1.29 is 29.0 Å². The predicted octanol–water partition coefficient (Wildman–Crippen LogP) is 3.51. The number of ether oxygens (including phenoxy) is 2. The summed E-state index contributed by atoms with van der Waals surface area (Å²) in [5.74, 6) is -1.22. The summed E-state index contributed by atoms with van der Waals surface area (Å²) in [6.07, 6.45) is 2.11. The van der Waals surface area contributed by atoms with Gasteiger partial charge >= 0.3 is 6.03 Å². The molecule has 1 aliphatic heterocycles. The van der Waals surface area contributed by atoms with Crippen molar-refractivity contribution in [2.75, 3.05) is 18.6 Å². The largest absolute Gasteiger partial charge is 0.503 e. The maximum Gasteiger partial charge on any atom is 0.335 e. The lowest BCUT2D eigenvalue weighted by molar-refractivity contribution is -0.122. The van der Waals surface area contributed by atoms with Crippen LogP contribution in [0.1, 0.15) is 18.9 Å². The Kier molecular flexibility index (Phi) is 6.27. The number of amides is 4. The number of benzene rings is 2. The van der Waals surface area contributed by atoms with Crippen molar-refractivity contribution >= 4 is 41.2 Å². The van der Waals surface area contributed by atoms with E-state index in [1.165, 1.54) is 25.3 Å². The van der Waals surface area contributed by atoms with Crippen molar-refractivity contribution in [3.63, 3.8) is 0 Å². The summed E-state index contributed by atoms with van der Waals surface area (Å²) in [6.45, 7) is 2.52. The number of hydrogen-bond donors (Lipinski definition) is 2. The molecule has 2 N–H and O–H groups in total. The fraction of sp³-hybridized carbons (Fsp3) is 0.190. The van der Waals surface area contributed by atoms with Crippen LogP contribution in [0.15, 0.2) is 42.0 Å². The van der Waals surface area contributed by atoms with Gasteiger partial charge in [-0.25, -0.2) is 9.69 Å². The zero-order valence-electron chi connectivity index (χ0n) is 16.3. The molecule has 4 amide bonds. The summed E-state index contributed by atoms with van der Waals surface area (Å²) >= 11 is 5.97. The molecule has 0 bridgehead atoms. The highest BCUT2D eigenvalue weighted by Gasteiger charge is 2.36. The van der Waals surface area contributed by atoms with Gasteiger partial charge in [0.1, 0.15) is 11.3 Å². The maximum absolute atomic E-state index is 12.9. The Bertz CT molecular complexity index is 1030. The van der Waals surface area contributed by atoms with E-state index in [0.717, 1.165) is 11.3 Å². The molecule has 0 radical (unpaired) electrons. The van der Waals surface area contributed by atoms with Gasteiger partial charge < -0.3 is 14.6 Å². The zero-order chi connectivity index (χ0) is 21.8. The van der Waals surface area contributed by atoms with Crippen LogP contribution in [-0.2, 0) is 9.59 Å². The van der Waals surface area contributed by atoms with E-state index in [2.05, 4.69) is 5.32 Å². The van der Waals surface area contributed by atoms with Crippen LogP contribution in [0, 0.1) is 0 Å². The quantitative estimate of drug-likeness (QED) is 0.536. The van der Waals surface area contributed by atoms with Crippen LogP contribution in [0.25, 0.3) is 6.08 Å². The molecular weight excluding hydrogens is 412 g/mol. The number of barbiturate groups is 1. The highest BCUT2D eigenvalue weighted by molar-refractivity contribution is 6.39. The van der Waals surface area contributed by atoms with Crippen molar-refractivity contribution in [2.45, 2.75) is 13.3 Å². The highest BCUT2D eigenvalue weighted by atomic mass is 35.5. The Morgan fingerprint density at radius 3 is 2.50 bits per heavy atom. The van der Waals surface area contributed by atoms with E-state index in [0.29, 0.717) is 17.9 Å². The Balaban J connectivity index is 1.95. The molecule has 0 saturated carbocycles. The van der Waals surface area contributed by atoms with E-state index in [1.807, 2.05) is 6.92 Å². The summed E-state index contributed by atoms with van der Waals surface area (Å²) in [4.78, 5) is 38.4. The topological polar surface area (TPSA) is 105 Å². The highest BCUT2D eigenvalue weighted by Crippen LogP contribution is 2.36. The van der Waals surface area contributed by atoms with Gasteiger partial charge in [-0.1, -0.05) is 18.5 Å². The van der Waals surface area contributed by atoms with Crippen LogP contribution in [0.3, 0.4) is 0 Å². The van der Waals surface area contributed by atoms with E-state index in [9.17, 15) is 19.5 Å². The Morgan fingerprint density at radius 1 is 1.17 bits per heavy atom. The fourth-order valence-electron chi connectivity index (χ4n) is 2.80. The van der Waals surface area contributed by atoms with E-state index in [4.69, 9.17) is 21.1 Å². The number of phenolic OH excluding ortho intramolecular Hbond substituents is 1. The number of nitrogens with one attached hydrogen (secondary N) is 1. The molecule has 2 aromatic rings. The molecule has 0 atom stereocenters. The van der Waals surface area contributed by atoms with Crippen LogP contribution in [0.5, 0.6) is 17.2 Å². The molecule has 30 heavy (non-hydrogen) atoms. The van der Waals surface area contributed by atoms with E-state index in [1.54, 1.807) is 24.3 Å². The minimum atomic E-state index is -0.856. The first-order valence-corrected chi connectivity index (χ1v) is 9.44. The first-order chi connectivity index (χ1) is 14.3. The van der Waals surface area contributed by atoms with Crippen LogP contribution in [0.2, 0.25) is 5.02 Å². The van der Waals surface area contributed by atoms with Gasteiger partial charge in [0.2, 0.25) is 0 Å². The second-order valence-electron chi connectivity index (χ2n) is 6.35. The van der Waals surface area contributed by atoms with Crippen LogP contribution >= 0.6 is 11.6 Å². The number of carbonyl (C=O) groups is 3. The number of halogens is 1. The lowest BCUT2D eigenvalue weighted by Gasteiger charge is -2.26. The number of nitrogens with zero attached hydrogens (tertiary/aromatic N) is 1. The van der Waals surface area contributed by atoms with Crippen molar-refractivity contribution in [3.8, 4) is 17.2 Å². The van der Waals surface area contributed by atoms with Crippen LogP contribution in [-0.4, -0.2) is 36.7 Å². The third-order valence-electron chi connectivity index (χ3n) is 4.25. The number of urea groups is 1. The first-order valence-electron chi connectivity index (χ1n) is 9.06. The van der Waals surface area contributed by atoms with Crippen molar-refractivity contribution in [2.24, 2.45) is 0 Å². The molecule has 1 saturated heterocycles. The summed E-state index contributed by atoms with van der Waals surface area (Å²) in [7, 11) is 1.34. The minimum Gasteiger partial charge on any atom is -0.503 e. The molecule has 1 aliphatic rings. The lowest BCUT2D eigenvalue weighted by atomic mass is 10.1. The standard InChI is InChI=1S/C21H19ClN2O6/c1-3-8-30-14-6-4-13(5-7-14)24-20(27)15(19(26)23-21(24)28)9-12-10-16(22)18(25)17(11-12)29-2/h4-7,9-11,25H,3,8H2,1-2H3,(H,23,26,28)/b15-9-. The molecule has 9 heteroatoms. The smallest absolute Gasteiger partial charge is 0.335 e.